The van der Waals surface area contributed by atoms with E-state index >= 15 is 0 Å². The van der Waals surface area contributed by atoms with Crippen molar-refractivity contribution in [3.05, 3.63) is 22.2 Å². The van der Waals surface area contributed by atoms with E-state index in [1.165, 1.54) is 6.33 Å². The number of aromatic amines is 1. The molecular formula is C11H18N4O2. The minimum absolute atomic E-state index is 0.136. The second-order valence-electron chi connectivity index (χ2n) is 4.15. The zero-order valence-corrected chi connectivity index (χ0v) is 9.82. The summed E-state index contributed by atoms with van der Waals surface area (Å²) in [6.45, 7) is 4.34. The molecule has 0 unspecified atom stereocenters. The molecular weight excluding hydrogens is 220 g/mol. The summed E-state index contributed by atoms with van der Waals surface area (Å²) in [5, 5.41) is 0. The number of anilines is 1. The van der Waals surface area contributed by atoms with Gasteiger partial charge in [-0.05, 0) is 12.8 Å². The molecule has 1 saturated heterocycles. The smallest absolute Gasteiger partial charge is 0.256 e. The van der Waals surface area contributed by atoms with E-state index in [-0.39, 0.29) is 5.56 Å². The standard InChI is InChI=1S/C11H18N4O2/c12-10-9(11(16)14-8-13-10)2-4-15-3-1-6-17-7-5-15/h8H,1-7H2,(H3,12,13,14,16). The Morgan fingerprint density at radius 3 is 3.18 bits per heavy atom. The predicted octanol–water partition coefficient (Wildman–Crippen LogP) is -0.383. The molecule has 1 aliphatic heterocycles. The first kappa shape index (κ1) is 12.1. The lowest BCUT2D eigenvalue weighted by molar-refractivity contribution is 0.141. The van der Waals surface area contributed by atoms with E-state index in [9.17, 15) is 4.79 Å². The summed E-state index contributed by atoms with van der Waals surface area (Å²) >= 11 is 0. The number of nitrogens with two attached hydrogens (primary N) is 1. The minimum atomic E-state index is -0.136. The van der Waals surface area contributed by atoms with Gasteiger partial charge in [0.2, 0.25) is 0 Å². The highest BCUT2D eigenvalue weighted by Crippen LogP contribution is 2.05. The van der Waals surface area contributed by atoms with E-state index in [1.54, 1.807) is 0 Å². The summed E-state index contributed by atoms with van der Waals surface area (Å²) in [6.07, 6.45) is 3.01. The van der Waals surface area contributed by atoms with Crippen LogP contribution >= 0.6 is 0 Å². The number of hydrogen-bond acceptors (Lipinski definition) is 5. The monoisotopic (exact) mass is 238 g/mol. The maximum atomic E-state index is 11.6. The predicted molar refractivity (Wildman–Crippen MR) is 64.9 cm³/mol. The molecule has 0 radical (unpaired) electrons. The SMILES string of the molecule is Nc1nc[nH]c(=O)c1CCN1CCCOCC1. The Labute approximate surface area is 99.8 Å². The van der Waals surface area contributed by atoms with E-state index in [0.29, 0.717) is 17.8 Å². The Balaban J connectivity index is 1.94. The van der Waals surface area contributed by atoms with Gasteiger partial charge in [-0.1, -0.05) is 0 Å². The zero-order valence-electron chi connectivity index (χ0n) is 9.82. The van der Waals surface area contributed by atoms with Crippen LogP contribution in [0.5, 0.6) is 0 Å². The van der Waals surface area contributed by atoms with Crippen molar-refractivity contribution in [1.29, 1.82) is 0 Å². The van der Waals surface area contributed by atoms with Crippen LogP contribution in [0.25, 0.3) is 0 Å². The largest absolute Gasteiger partial charge is 0.383 e. The van der Waals surface area contributed by atoms with E-state index in [2.05, 4.69) is 14.9 Å². The quantitative estimate of drug-likeness (QED) is 0.749. The van der Waals surface area contributed by atoms with Crippen molar-refractivity contribution in [2.24, 2.45) is 0 Å². The summed E-state index contributed by atoms with van der Waals surface area (Å²) in [4.78, 5) is 20.3. The fraction of sp³-hybridized carbons (Fsp3) is 0.636. The summed E-state index contributed by atoms with van der Waals surface area (Å²) in [5.74, 6) is 0.333. The highest BCUT2D eigenvalue weighted by molar-refractivity contribution is 5.36. The van der Waals surface area contributed by atoms with E-state index in [4.69, 9.17) is 10.5 Å². The summed E-state index contributed by atoms with van der Waals surface area (Å²) in [7, 11) is 0. The molecule has 0 amide bonds. The van der Waals surface area contributed by atoms with Gasteiger partial charge in [0.05, 0.1) is 18.5 Å². The molecule has 1 aliphatic rings. The van der Waals surface area contributed by atoms with Gasteiger partial charge in [0.15, 0.2) is 0 Å². The number of H-pyrrole nitrogens is 1. The van der Waals surface area contributed by atoms with Gasteiger partial charge >= 0.3 is 0 Å². The molecule has 3 N–H and O–H groups in total. The Morgan fingerprint density at radius 1 is 1.47 bits per heavy atom. The minimum Gasteiger partial charge on any atom is -0.383 e. The van der Waals surface area contributed by atoms with Crippen molar-refractivity contribution >= 4 is 5.82 Å². The van der Waals surface area contributed by atoms with Crippen LogP contribution in [0.1, 0.15) is 12.0 Å². The Bertz CT molecular complexity index is 410. The number of nitrogen functional groups attached to an aromatic ring is 1. The first-order valence-corrected chi connectivity index (χ1v) is 5.89. The maximum absolute atomic E-state index is 11.6. The first-order valence-electron chi connectivity index (χ1n) is 5.89. The molecule has 0 aliphatic carbocycles. The molecule has 0 saturated carbocycles. The Kier molecular flexibility index (Phi) is 4.11. The van der Waals surface area contributed by atoms with Crippen LogP contribution in [-0.4, -0.2) is 47.7 Å². The fourth-order valence-electron chi connectivity index (χ4n) is 1.97. The highest BCUT2D eigenvalue weighted by atomic mass is 16.5. The second kappa shape index (κ2) is 5.79. The van der Waals surface area contributed by atoms with Crippen molar-refractivity contribution < 1.29 is 4.74 Å². The number of rotatable bonds is 3. The topological polar surface area (TPSA) is 84.2 Å². The molecule has 6 heteroatoms. The van der Waals surface area contributed by atoms with Crippen molar-refractivity contribution in [1.82, 2.24) is 14.9 Å². The molecule has 6 nitrogen and oxygen atoms in total. The average Bonchev–Trinajstić information content (AvgIpc) is 2.57. The summed E-state index contributed by atoms with van der Waals surface area (Å²) in [6, 6.07) is 0. The van der Waals surface area contributed by atoms with E-state index < -0.39 is 0 Å². The zero-order chi connectivity index (χ0) is 12.1. The van der Waals surface area contributed by atoms with Gasteiger partial charge < -0.3 is 20.4 Å². The fourth-order valence-corrected chi connectivity index (χ4v) is 1.97. The third-order valence-corrected chi connectivity index (χ3v) is 2.98. The van der Waals surface area contributed by atoms with E-state index in [1.807, 2.05) is 0 Å². The van der Waals surface area contributed by atoms with E-state index in [0.717, 1.165) is 39.3 Å². The van der Waals surface area contributed by atoms with Crippen molar-refractivity contribution in [3.63, 3.8) is 0 Å². The Morgan fingerprint density at radius 2 is 2.35 bits per heavy atom. The third kappa shape index (κ3) is 3.28. The van der Waals surface area contributed by atoms with Crippen LogP contribution in [0, 0.1) is 0 Å². The van der Waals surface area contributed by atoms with Gasteiger partial charge in [-0.2, -0.15) is 0 Å². The van der Waals surface area contributed by atoms with Crippen LogP contribution in [0.4, 0.5) is 5.82 Å². The number of nitrogens with one attached hydrogen (secondary N) is 1. The van der Waals surface area contributed by atoms with Gasteiger partial charge in [0.1, 0.15) is 5.82 Å². The summed E-state index contributed by atoms with van der Waals surface area (Å²) < 4.78 is 5.38. The molecule has 2 heterocycles. The lowest BCUT2D eigenvalue weighted by Gasteiger charge is -2.18. The number of ether oxygens (including phenoxy) is 1. The van der Waals surface area contributed by atoms with Crippen molar-refractivity contribution in [2.45, 2.75) is 12.8 Å². The first-order chi connectivity index (χ1) is 8.27. The lowest BCUT2D eigenvalue weighted by atomic mass is 10.2. The molecule has 17 heavy (non-hydrogen) atoms. The van der Waals surface area contributed by atoms with Crippen LogP contribution in [0.15, 0.2) is 11.1 Å². The molecule has 1 fully saturated rings. The molecule has 0 bridgehead atoms. The molecule has 94 valence electrons. The summed E-state index contributed by atoms with van der Waals surface area (Å²) in [5.41, 5.74) is 6.14. The lowest BCUT2D eigenvalue weighted by Crippen LogP contribution is -2.30. The van der Waals surface area contributed by atoms with Gasteiger partial charge in [-0.25, -0.2) is 4.98 Å². The molecule has 1 aromatic heterocycles. The number of nitrogens with zero attached hydrogens (tertiary/aromatic N) is 2. The van der Waals surface area contributed by atoms with Gasteiger partial charge in [0.25, 0.3) is 5.56 Å². The molecule has 1 aromatic rings. The van der Waals surface area contributed by atoms with Gasteiger partial charge in [-0.15, -0.1) is 0 Å². The highest BCUT2D eigenvalue weighted by Gasteiger charge is 2.11. The van der Waals surface area contributed by atoms with Crippen LogP contribution in [0.3, 0.4) is 0 Å². The van der Waals surface area contributed by atoms with Crippen molar-refractivity contribution in [2.75, 3.05) is 38.6 Å². The molecule has 0 spiro atoms. The Hall–Kier alpha value is -1.40. The molecule has 0 aromatic carbocycles. The number of aromatic nitrogens is 2. The number of hydrogen-bond donors (Lipinski definition) is 2. The third-order valence-electron chi connectivity index (χ3n) is 2.98. The van der Waals surface area contributed by atoms with Crippen LogP contribution in [0.2, 0.25) is 0 Å². The van der Waals surface area contributed by atoms with Crippen LogP contribution < -0.4 is 11.3 Å². The normalized spacial score (nSPS) is 17.9. The van der Waals surface area contributed by atoms with Gasteiger partial charge in [0, 0.05) is 26.2 Å². The van der Waals surface area contributed by atoms with Crippen molar-refractivity contribution in [3.8, 4) is 0 Å². The molecule has 2 rings (SSSR count). The molecule has 0 atom stereocenters. The maximum Gasteiger partial charge on any atom is 0.256 e. The second-order valence-corrected chi connectivity index (χ2v) is 4.15. The van der Waals surface area contributed by atoms with Gasteiger partial charge in [-0.3, -0.25) is 4.79 Å². The van der Waals surface area contributed by atoms with Crippen LogP contribution in [-0.2, 0) is 11.2 Å². The average molecular weight is 238 g/mol.